The van der Waals surface area contributed by atoms with Gasteiger partial charge in [-0.3, -0.25) is 9.59 Å². The van der Waals surface area contributed by atoms with E-state index in [-0.39, 0.29) is 30.6 Å². The molecular weight excluding hydrogens is 366 g/mol. The van der Waals surface area contributed by atoms with E-state index in [9.17, 15) is 9.59 Å². The smallest absolute Gasteiger partial charge is 0.220 e. The van der Waals surface area contributed by atoms with Crippen LogP contribution in [-0.4, -0.2) is 11.7 Å². The monoisotopic (exact) mass is 387 g/mol. The first-order chi connectivity index (χ1) is 11.5. The SMILES string of the molecule is CCc1ccc(C(=O)CCC(=O)NC(C)c2ccc(Br)cc2)cc1. The van der Waals surface area contributed by atoms with E-state index in [1.807, 2.05) is 55.5 Å². The molecule has 1 N–H and O–H groups in total. The van der Waals surface area contributed by atoms with Crippen LogP contribution in [0.3, 0.4) is 0 Å². The second kappa shape index (κ2) is 8.78. The molecular formula is C20H22BrNO2. The molecule has 0 heterocycles. The van der Waals surface area contributed by atoms with Crippen molar-refractivity contribution in [1.82, 2.24) is 5.32 Å². The van der Waals surface area contributed by atoms with Gasteiger partial charge in [0.2, 0.25) is 5.91 Å². The van der Waals surface area contributed by atoms with Gasteiger partial charge in [-0.1, -0.05) is 59.3 Å². The third kappa shape index (κ3) is 5.31. The number of Topliss-reactive ketones (excluding diaryl/α,β-unsaturated/α-hetero) is 1. The van der Waals surface area contributed by atoms with Crippen molar-refractivity contribution >= 4 is 27.6 Å². The molecule has 0 aliphatic heterocycles. The quantitative estimate of drug-likeness (QED) is 0.689. The summed E-state index contributed by atoms with van der Waals surface area (Å²) in [5, 5.41) is 2.93. The molecule has 0 fully saturated rings. The van der Waals surface area contributed by atoms with Gasteiger partial charge in [-0.15, -0.1) is 0 Å². The van der Waals surface area contributed by atoms with Gasteiger partial charge in [-0.25, -0.2) is 0 Å². The van der Waals surface area contributed by atoms with Gasteiger partial charge in [0, 0.05) is 22.9 Å². The summed E-state index contributed by atoms with van der Waals surface area (Å²) >= 11 is 3.39. The lowest BCUT2D eigenvalue weighted by atomic mass is 10.0. The largest absolute Gasteiger partial charge is 0.350 e. The number of ketones is 1. The number of hydrogen-bond donors (Lipinski definition) is 1. The molecule has 0 bridgehead atoms. The molecule has 0 aliphatic carbocycles. The zero-order chi connectivity index (χ0) is 17.5. The highest BCUT2D eigenvalue weighted by molar-refractivity contribution is 9.10. The summed E-state index contributed by atoms with van der Waals surface area (Å²) in [6.07, 6.45) is 1.38. The maximum atomic E-state index is 12.2. The van der Waals surface area contributed by atoms with Gasteiger partial charge in [-0.2, -0.15) is 0 Å². The highest BCUT2D eigenvalue weighted by Crippen LogP contribution is 2.17. The van der Waals surface area contributed by atoms with Crippen molar-refractivity contribution in [1.29, 1.82) is 0 Å². The fourth-order valence-corrected chi connectivity index (χ4v) is 2.71. The first-order valence-corrected chi connectivity index (χ1v) is 8.96. The molecule has 0 spiro atoms. The topological polar surface area (TPSA) is 46.2 Å². The number of amides is 1. The number of carbonyl (C=O) groups excluding carboxylic acids is 2. The van der Waals surface area contributed by atoms with E-state index in [0.29, 0.717) is 5.56 Å². The normalized spacial score (nSPS) is 11.8. The summed E-state index contributed by atoms with van der Waals surface area (Å²) < 4.78 is 1.00. The molecule has 2 rings (SSSR count). The third-order valence-electron chi connectivity index (χ3n) is 4.01. The lowest BCUT2D eigenvalue weighted by Gasteiger charge is -2.14. The number of halogens is 1. The van der Waals surface area contributed by atoms with Crippen LogP contribution in [0.1, 0.15) is 54.2 Å². The molecule has 4 heteroatoms. The van der Waals surface area contributed by atoms with E-state index >= 15 is 0 Å². The van der Waals surface area contributed by atoms with Crippen molar-refractivity contribution in [2.24, 2.45) is 0 Å². The van der Waals surface area contributed by atoms with Crippen LogP contribution in [0.25, 0.3) is 0 Å². The van der Waals surface area contributed by atoms with Gasteiger partial charge in [-0.05, 0) is 36.6 Å². The van der Waals surface area contributed by atoms with Crippen molar-refractivity contribution < 1.29 is 9.59 Å². The second-order valence-corrected chi connectivity index (χ2v) is 6.73. The molecule has 126 valence electrons. The number of aryl methyl sites for hydroxylation is 1. The molecule has 0 aromatic heterocycles. The summed E-state index contributed by atoms with van der Waals surface area (Å²) in [4.78, 5) is 24.2. The van der Waals surface area contributed by atoms with E-state index in [2.05, 4.69) is 28.2 Å². The number of nitrogens with one attached hydrogen (secondary N) is 1. The van der Waals surface area contributed by atoms with Crippen molar-refractivity contribution in [3.8, 4) is 0 Å². The van der Waals surface area contributed by atoms with Crippen molar-refractivity contribution in [3.63, 3.8) is 0 Å². The van der Waals surface area contributed by atoms with Crippen LogP contribution in [0.2, 0.25) is 0 Å². The lowest BCUT2D eigenvalue weighted by molar-refractivity contribution is -0.121. The molecule has 0 radical (unpaired) electrons. The van der Waals surface area contributed by atoms with Gasteiger partial charge >= 0.3 is 0 Å². The maximum Gasteiger partial charge on any atom is 0.220 e. The average Bonchev–Trinajstić information content (AvgIpc) is 2.60. The van der Waals surface area contributed by atoms with Crippen LogP contribution in [0.5, 0.6) is 0 Å². The van der Waals surface area contributed by atoms with E-state index < -0.39 is 0 Å². The summed E-state index contributed by atoms with van der Waals surface area (Å²) in [6, 6.07) is 15.3. The highest BCUT2D eigenvalue weighted by atomic mass is 79.9. The zero-order valence-electron chi connectivity index (χ0n) is 14.0. The summed E-state index contributed by atoms with van der Waals surface area (Å²) in [6.45, 7) is 4.01. The maximum absolute atomic E-state index is 12.2. The Morgan fingerprint density at radius 2 is 1.62 bits per heavy atom. The van der Waals surface area contributed by atoms with Gasteiger partial charge in [0.25, 0.3) is 0 Å². The van der Waals surface area contributed by atoms with Crippen LogP contribution in [0.4, 0.5) is 0 Å². The summed E-state index contributed by atoms with van der Waals surface area (Å²) in [5.74, 6) is -0.104. The van der Waals surface area contributed by atoms with Crippen LogP contribution < -0.4 is 5.32 Å². The van der Waals surface area contributed by atoms with Crippen LogP contribution in [0.15, 0.2) is 53.0 Å². The van der Waals surface area contributed by atoms with Crippen molar-refractivity contribution in [3.05, 3.63) is 69.7 Å². The Labute approximate surface area is 151 Å². The zero-order valence-corrected chi connectivity index (χ0v) is 15.6. The van der Waals surface area contributed by atoms with Gasteiger partial charge < -0.3 is 5.32 Å². The minimum Gasteiger partial charge on any atom is -0.350 e. The predicted molar refractivity (Wildman–Crippen MR) is 100 cm³/mol. The molecule has 1 amide bonds. The highest BCUT2D eigenvalue weighted by Gasteiger charge is 2.12. The number of benzene rings is 2. The van der Waals surface area contributed by atoms with E-state index in [1.54, 1.807) is 0 Å². The standard InChI is InChI=1S/C20H22BrNO2/c1-3-15-4-6-17(7-5-15)19(23)12-13-20(24)22-14(2)16-8-10-18(21)11-9-16/h4-11,14H,3,12-13H2,1-2H3,(H,22,24). The molecule has 1 unspecified atom stereocenters. The number of hydrogen-bond acceptors (Lipinski definition) is 2. The van der Waals surface area contributed by atoms with Crippen molar-refractivity contribution in [2.75, 3.05) is 0 Å². The Hall–Kier alpha value is -1.94. The second-order valence-electron chi connectivity index (χ2n) is 5.81. The van der Waals surface area contributed by atoms with E-state index in [1.165, 1.54) is 5.56 Å². The lowest BCUT2D eigenvalue weighted by Crippen LogP contribution is -2.26. The number of carbonyl (C=O) groups is 2. The van der Waals surface area contributed by atoms with Gasteiger partial charge in [0.15, 0.2) is 5.78 Å². The Morgan fingerprint density at radius 3 is 2.21 bits per heavy atom. The van der Waals surface area contributed by atoms with Crippen molar-refractivity contribution in [2.45, 2.75) is 39.2 Å². The van der Waals surface area contributed by atoms with Gasteiger partial charge in [0.1, 0.15) is 0 Å². The molecule has 1 atom stereocenters. The first kappa shape index (κ1) is 18.4. The molecule has 0 saturated heterocycles. The van der Waals surface area contributed by atoms with Crippen LogP contribution in [-0.2, 0) is 11.2 Å². The Kier molecular flexibility index (Phi) is 6.73. The minimum absolute atomic E-state index is 0.00379. The van der Waals surface area contributed by atoms with Gasteiger partial charge in [0.05, 0.1) is 6.04 Å². The van der Waals surface area contributed by atoms with E-state index in [4.69, 9.17) is 0 Å². The van der Waals surface area contributed by atoms with E-state index in [0.717, 1.165) is 16.5 Å². The molecule has 0 aliphatic rings. The fraction of sp³-hybridized carbons (Fsp3) is 0.300. The molecule has 2 aromatic rings. The third-order valence-corrected chi connectivity index (χ3v) is 4.54. The molecule has 0 saturated carbocycles. The molecule has 2 aromatic carbocycles. The molecule has 3 nitrogen and oxygen atoms in total. The Balaban J connectivity index is 1.83. The predicted octanol–water partition coefficient (Wildman–Crippen LogP) is 4.85. The number of rotatable bonds is 7. The Morgan fingerprint density at radius 1 is 1.00 bits per heavy atom. The molecule has 24 heavy (non-hydrogen) atoms. The fourth-order valence-electron chi connectivity index (χ4n) is 2.45. The van der Waals surface area contributed by atoms with Crippen LogP contribution in [0, 0.1) is 0 Å². The first-order valence-electron chi connectivity index (χ1n) is 8.16. The summed E-state index contributed by atoms with van der Waals surface area (Å²) in [7, 11) is 0. The summed E-state index contributed by atoms with van der Waals surface area (Å²) in [5.41, 5.74) is 2.90. The minimum atomic E-state index is -0.107. The van der Waals surface area contributed by atoms with Crippen LogP contribution >= 0.6 is 15.9 Å². The Bertz CT molecular complexity index is 693. The average molecular weight is 388 g/mol.